The zero-order valence-corrected chi connectivity index (χ0v) is 13.8. The van der Waals surface area contributed by atoms with Gasteiger partial charge < -0.3 is 4.74 Å². The van der Waals surface area contributed by atoms with E-state index in [1.54, 1.807) is 55.7 Å². The third-order valence-corrected chi connectivity index (χ3v) is 3.51. The van der Waals surface area contributed by atoms with Crippen molar-refractivity contribution in [2.45, 2.75) is 6.42 Å². The molecule has 6 heteroatoms. The number of ether oxygens (including phenoxy) is 1. The second-order valence-corrected chi connectivity index (χ2v) is 5.32. The molecule has 0 aliphatic carbocycles. The van der Waals surface area contributed by atoms with E-state index in [4.69, 9.17) is 16.3 Å². The molecule has 2 amide bonds. The number of hydrogen-bond acceptors (Lipinski definition) is 3. The molecule has 5 nitrogen and oxygen atoms in total. The number of amides is 2. The third kappa shape index (κ3) is 5.44. The highest BCUT2D eigenvalue weighted by Gasteiger charge is 2.04. The fraction of sp³-hybridized carbons (Fsp3) is 0.111. The average Bonchev–Trinajstić information content (AvgIpc) is 2.60. The summed E-state index contributed by atoms with van der Waals surface area (Å²) in [6, 6.07) is 14.3. The summed E-state index contributed by atoms with van der Waals surface area (Å²) in [5.74, 6) is -0.0465. The van der Waals surface area contributed by atoms with Crippen molar-refractivity contribution in [2.24, 2.45) is 0 Å². The molecule has 0 aliphatic heterocycles. The number of carbonyl (C=O) groups is 2. The van der Waals surface area contributed by atoms with Crippen LogP contribution in [0.3, 0.4) is 0 Å². The standard InChI is InChI=1S/C18H17ClN2O3/c1-24-15-9-6-13(7-10-15)12-18(23)21-20-17(22)11-8-14-4-2-3-5-16(14)19/h2-11H,12H2,1H3,(H,20,22)(H,21,23). The normalized spacial score (nSPS) is 10.4. The molecule has 0 aromatic heterocycles. The van der Waals surface area contributed by atoms with E-state index in [2.05, 4.69) is 10.9 Å². The Bertz CT molecular complexity index is 742. The molecular formula is C18H17ClN2O3. The fourth-order valence-corrected chi connectivity index (χ4v) is 2.12. The first-order valence-electron chi connectivity index (χ1n) is 7.23. The largest absolute Gasteiger partial charge is 0.497 e. The molecule has 0 atom stereocenters. The van der Waals surface area contributed by atoms with Gasteiger partial charge in [0.25, 0.3) is 5.91 Å². The fourth-order valence-electron chi connectivity index (χ4n) is 1.92. The number of methoxy groups -OCH3 is 1. The Labute approximate surface area is 145 Å². The lowest BCUT2D eigenvalue weighted by molar-refractivity contribution is -0.126. The molecule has 0 aliphatic rings. The summed E-state index contributed by atoms with van der Waals surface area (Å²) in [4.78, 5) is 23.5. The predicted molar refractivity (Wildman–Crippen MR) is 93.5 cm³/mol. The first kappa shape index (κ1) is 17.6. The Morgan fingerprint density at radius 3 is 2.46 bits per heavy atom. The van der Waals surface area contributed by atoms with Crippen LogP contribution in [0, 0.1) is 0 Å². The molecule has 0 spiro atoms. The van der Waals surface area contributed by atoms with E-state index in [0.717, 1.165) is 16.9 Å². The van der Waals surface area contributed by atoms with Gasteiger partial charge in [-0.3, -0.25) is 20.4 Å². The summed E-state index contributed by atoms with van der Waals surface area (Å²) in [6.07, 6.45) is 3.03. The maximum Gasteiger partial charge on any atom is 0.262 e. The smallest absolute Gasteiger partial charge is 0.262 e. The SMILES string of the molecule is COc1ccc(CC(=O)NNC(=O)C=Cc2ccccc2Cl)cc1. The van der Waals surface area contributed by atoms with Gasteiger partial charge in [-0.25, -0.2) is 0 Å². The van der Waals surface area contributed by atoms with Crippen molar-refractivity contribution in [1.82, 2.24) is 10.9 Å². The Kier molecular flexibility index (Phi) is 6.40. The van der Waals surface area contributed by atoms with Gasteiger partial charge >= 0.3 is 0 Å². The predicted octanol–water partition coefficient (Wildman–Crippen LogP) is 2.75. The number of benzene rings is 2. The van der Waals surface area contributed by atoms with Crippen LogP contribution < -0.4 is 15.6 Å². The van der Waals surface area contributed by atoms with Gasteiger partial charge in [0.2, 0.25) is 5.91 Å². The van der Waals surface area contributed by atoms with Crippen LogP contribution in [-0.4, -0.2) is 18.9 Å². The lowest BCUT2D eigenvalue weighted by Gasteiger charge is -2.06. The Balaban J connectivity index is 1.80. The quantitative estimate of drug-likeness (QED) is 0.647. The molecule has 2 N–H and O–H groups in total. The van der Waals surface area contributed by atoms with Gasteiger partial charge in [-0.15, -0.1) is 0 Å². The number of hydrazine groups is 1. The molecular weight excluding hydrogens is 328 g/mol. The van der Waals surface area contributed by atoms with Crippen LogP contribution in [0.4, 0.5) is 0 Å². The van der Waals surface area contributed by atoms with Crippen LogP contribution in [0.15, 0.2) is 54.6 Å². The van der Waals surface area contributed by atoms with E-state index >= 15 is 0 Å². The zero-order valence-electron chi connectivity index (χ0n) is 13.1. The molecule has 0 heterocycles. The maximum absolute atomic E-state index is 11.8. The second-order valence-electron chi connectivity index (χ2n) is 4.92. The summed E-state index contributed by atoms with van der Waals surface area (Å²) >= 11 is 5.99. The Morgan fingerprint density at radius 1 is 1.08 bits per heavy atom. The molecule has 0 saturated carbocycles. The minimum atomic E-state index is -0.446. The highest BCUT2D eigenvalue weighted by molar-refractivity contribution is 6.32. The van der Waals surface area contributed by atoms with E-state index < -0.39 is 5.91 Å². The van der Waals surface area contributed by atoms with Gasteiger partial charge in [0.05, 0.1) is 13.5 Å². The molecule has 0 saturated heterocycles. The molecule has 0 unspecified atom stereocenters. The number of nitrogens with one attached hydrogen (secondary N) is 2. The van der Waals surface area contributed by atoms with Gasteiger partial charge in [0.1, 0.15) is 5.75 Å². The van der Waals surface area contributed by atoms with E-state index in [1.807, 2.05) is 6.07 Å². The van der Waals surface area contributed by atoms with Gasteiger partial charge in [-0.05, 0) is 35.4 Å². The van der Waals surface area contributed by atoms with Crippen LogP contribution in [0.5, 0.6) is 5.75 Å². The van der Waals surface area contributed by atoms with E-state index in [0.29, 0.717) is 5.02 Å². The van der Waals surface area contributed by atoms with Gasteiger partial charge in [0.15, 0.2) is 0 Å². The highest BCUT2D eigenvalue weighted by Crippen LogP contribution is 2.16. The summed E-state index contributed by atoms with van der Waals surface area (Å²) < 4.78 is 5.05. The zero-order chi connectivity index (χ0) is 17.4. The molecule has 2 rings (SSSR count). The third-order valence-electron chi connectivity index (χ3n) is 3.17. The van der Waals surface area contributed by atoms with Gasteiger partial charge in [-0.2, -0.15) is 0 Å². The lowest BCUT2D eigenvalue weighted by atomic mass is 10.1. The molecule has 124 valence electrons. The number of carbonyl (C=O) groups excluding carboxylic acids is 2. The molecule has 2 aromatic rings. The number of hydrogen-bond donors (Lipinski definition) is 2. The van der Waals surface area contributed by atoms with Crippen molar-refractivity contribution in [3.05, 3.63) is 70.8 Å². The minimum absolute atomic E-state index is 0.151. The van der Waals surface area contributed by atoms with Crippen LogP contribution in [0.2, 0.25) is 5.02 Å². The molecule has 0 bridgehead atoms. The van der Waals surface area contributed by atoms with Gasteiger partial charge in [0, 0.05) is 11.1 Å². The van der Waals surface area contributed by atoms with Crippen LogP contribution in [0.1, 0.15) is 11.1 Å². The Hall–Kier alpha value is -2.79. The number of halogens is 1. The molecule has 0 fully saturated rings. The second kappa shape index (κ2) is 8.74. The van der Waals surface area contributed by atoms with Crippen molar-refractivity contribution in [1.29, 1.82) is 0 Å². The van der Waals surface area contributed by atoms with Crippen molar-refractivity contribution in [3.63, 3.8) is 0 Å². The van der Waals surface area contributed by atoms with Crippen molar-refractivity contribution >= 4 is 29.5 Å². The molecule has 0 radical (unpaired) electrons. The highest BCUT2D eigenvalue weighted by atomic mass is 35.5. The van der Waals surface area contributed by atoms with Crippen molar-refractivity contribution in [3.8, 4) is 5.75 Å². The maximum atomic E-state index is 11.8. The van der Waals surface area contributed by atoms with Crippen molar-refractivity contribution < 1.29 is 14.3 Å². The van der Waals surface area contributed by atoms with Crippen LogP contribution >= 0.6 is 11.6 Å². The summed E-state index contributed by atoms with van der Waals surface area (Å²) in [5.41, 5.74) is 6.21. The lowest BCUT2D eigenvalue weighted by Crippen LogP contribution is -2.41. The first-order chi connectivity index (χ1) is 11.6. The number of rotatable bonds is 5. The summed E-state index contributed by atoms with van der Waals surface area (Å²) in [5, 5.41) is 0.546. The van der Waals surface area contributed by atoms with Crippen molar-refractivity contribution in [2.75, 3.05) is 7.11 Å². The monoisotopic (exact) mass is 344 g/mol. The summed E-state index contributed by atoms with van der Waals surface area (Å²) in [7, 11) is 1.58. The van der Waals surface area contributed by atoms with E-state index in [-0.39, 0.29) is 12.3 Å². The van der Waals surface area contributed by atoms with Crippen LogP contribution in [0.25, 0.3) is 6.08 Å². The molecule has 24 heavy (non-hydrogen) atoms. The van der Waals surface area contributed by atoms with E-state index in [1.165, 1.54) is 6.08 Å². The van der Waals surface area contributed by atoms with E-state index in [9.17, 15) is 9.59 Å². The first-order valence-corrected chi connectivity index (χ1v) is 7.60. The minimum Gasteiger partial charge on any atom is -0.497 e. The average molecular weight is 345 g/mol. The van der Waals surface area contributed by atoms with Crippen LogP contribution in [-0.2, 0) is 16.0 Å². The molecule has 2 aromatic carbocycles. The Morgan fingerprint density at radius 2 is 1.79 bits per heavy atom. The van der Waals surface area contributed by atoms with Gasteiger partial charge in [-0.1, -0.05) is 41.9 Å². The topological polar surface area (TPSA) is 67.4 Å². The summed E-state index contributed by atoms with van der Waals surface area (Å²) in [6.45, 7) is 0.